The summed E-state index contributed by atoms with van der Waals surface area (Å²) in [5.41, 5.74) is 1.03. The molecule has 0 radical (unpaired) electrons. The zero-order valence-corrected chi connectivity index (χ0v) is 9.51. The quantitative estimate of drug-likeness (QED) is 0.643. The van der Waals surface area contributed by atoms with Crippen molar-refractivity contribution in [2.24, 2.45) is 0 Å². The summed E-state index contributed by atoms with van der Waals surface area (Å²) >= 11 is 6.09. The van der Waals surface area contributed by atoms with Gasteiger partial charge in [0, 0.05) is 6.54 Å². The van der Waals surface area contributed by atoms with E-state index in [-0.39, 0.29) is 0 Å². The molecule has 0 saturated carbocycles. The third-order valence-electron chi connectivity index (χ3n) is 2.21. The van der Waals surface area contributed by atoms with Gasteiger partial charge >= 0.3 is 0 Å². The molecule has 1 aromatic carbocycles. The summed E-state index contributed by atoms with van der Waals surface area (Å²) in [7, 11) is 0. The van der Waals surface area contributed by atoms with E-state index in [0.717, 1.165) is 5.56 Å². The molecule has 1 aliphatic rings. The first kappa shape index (κ1) is 11.1. The van der Waals surface area contributed by atoms with Crippen LogP contribution in [-0.4, -0.2) is 19.8 Å². The van der Waals surface area contributed by atoms with Gasteiger partial charge in [0.05, 0.1) is 11.6 Å². The van der Waals surface area contributed by atoms with Crippen LogP contribution in [0.25, 0.3) is 0 Å². The van der Waals surface area contributed by atoms with Crippen molar-refractivity contribution in [1.82, 2.24) is 5.32 Å². The molecule has 1 aromatic rings. The SMILES string of the molecule is C#CCNCc1cc(Cl)c2c(c1)OCCO2. The van der Waals surface area contributed by atoms with E-state index in [9.17, 15) is 0 Å². The Morgan fingerprint density at radius 1 is 1.38 bits per heavy atom. The van der Waals surface area contributed by atoms with Gasteiger partial charge in [-0.15, -0.1) is 6.42 Å². The Kier molecular flexibility index (Phi) is 3.55. The molecule has 84 valence electrons. The van der Waals surface area contributed by atoms with Gasteiger partial charge in [-0.25, -0.2) is 0 Å². The lowest BCUT2D eigenvalue weighted by Gasteiger charge is -2.20. The highest BCUT2D eigenvalue weighted by molar-refractivity contribution is 6.32. The molecule has 0 spiro atoms. The minimum atomic E-state index is 0.534. The molecule has 4 heteroatoms. The number of benzene rings is 1. The molecule has 0 fully saturated rings. The second kappa shape index (κ2) is 5.11. The molecule has 0 aliphatic carbocycles. The molecule has 1 aliphatic heterocycles. The molecule has 3 nitrogen and oxygen atoms in total. The first-order valence-corrected chi connectivity index (χ1v) is 5.41. The minimum Gasteiger partial charge on any atom is -0.486 e. The fourth-order valence-electron chi connectivity index (χ4n) is 1.55. The second-order valence-corrected chi connectivity index (χ2v) is 3.82. The van der Waals surface area contributed by atoms with Gasteiger partial charge < -0.3 is 14.8 Å². The lowest BCUT2D eigenvalue weighted by Crippen LogP contribution is -2.17. The summed E-state index contributed by atoms with van der Waals surface area (Å²) in [5.74, 6) is 3.85. The third-order valence-corrected chi connectivity index (χ3v) is 2.49. The Morgan fingerprint density at radius 3 is 3.00 bits per heavy atom. The molecule has 0 atom stereocenters. The van der Waals surface area contributed by atoms with Crippen molar-refractivity contribution in [2.75, 3.05) is 19.8 Å². The standard InChI is InChI=1S/C12H12ClNO2/c1-2-3-14-8-9-6-10(13)12-11(7-9)15-4-5-16-12/h1,6-7,14H,3-5,8H2. The van der Waals surface area contributed by atoms with E-state index in [1.165, 1.54) is 0 Å². The monoisotopic (exact) mass is 237 g/mol. The average Bonchev–Trinajstić information content (AvgIpc) is 2.30. The molecular formula is C12H12ClNO2. The lowest BCUT2D eigenvalue weighted by atomic mass is 10.2. The van der Waals surface area contributed by atoms with Crippen LogP contribution in [0.5, 0.6) is 11.5 Å². The number of terminal acetylenes is 1. The summed E-state index contributed by atoms with van der Waals surface area (Å²) < 4.78 is 10.9. The molecule has 0 amide bonds. The van der Waals surface area contributed by atoms with Crippen LogP contribution in [0, 0.1) is 12.3 Å². The van der Waals surface area contributed by atoms with Crippen molar-refractivity contribution in [2.45, 2.75) is 6.54 Å². The minimum absolute atomic E-state index is 0.534. The van der Waals surface area contributed by atoms with Crippen LogP contribution in [0.4, 0.5) is 0 Å². The first-order chi connectivity index (χ1) is 7.81. The van der Waals surface area contributed by atoms with E-state index in [2.05, 4.69) is 11.2 Å². The fraction of sp³-hybridized carbons (Fsp3) is 0.333. The van der Waals surface area contributed by atoms with Gasteiger partial charge in [0.25, 0.3) is 0 Å². The summed E-state index contributed by atoms with van der Waals surface area (Å²) in [6.45, 7) is 2.30. The number of hydrogen-bond donors (Lipinski definition) is 1. The van der Waals surface area contributed by atoms with E-state index in [4.69, 9.17) is 27.5 Å². The van der Waals surface area contributed by atoms with Crippen LogP contribution >= 0.6 is 11.6 Å². The predicted octanol–water partition coefficient (Wildman–Crippen LogP) is 1.83. The molecule has 0 bridgehead atoms. The van der Waals surface area contributed by atoms with E-state index >= 15 is 0 Å². The van der Waals surface area contributed by atoms with Gasteiger partial charge in [-0.1, -0.05) is 17.5 Å². The van der Waals surface area contributed by atoms with Crippen molar-refractivity contribution in [3.63, 3.8) is 0 Å². The summed E-state index contributed by atoms with van der Waals surface area (Å²) in [6.07, 6.45) is 5.15. The van der Waals surface area contributed by atoms with Gasteiger partial charge in [0.1, 0.15) is 13.2 Å². The van der Waals surface area contributed by atoms with Crippen molar-refractivity contribution in [1.29, 1.82) is 0 Å². The molecule has 2 rings (SSSR count). The highest BCUT2D eigenvalue weighted by Crippen LogP contribution is 2.38. The fourth-order valence-corrected chi connectivity index (χ4v) is 1.83. The second-order valence-electron chi connectivity index (χ2n) is 3.41. The first-order valence-electron chi connectivity index (χ1n) is 5.03. The highest BCUT2D eigenvalue weighted by atomic mass is 35.5. The zero-order valence-electron chi connectivity index (χ0n) is 8.75. The molecule has 1 N–H and O–H groups in total. The van der Waals surface area contributed by atoms with Gasteiger partial charge in [-0.3, -0.25) is 0 Å². The molecule has 0 unspecified atom stereocenters. The number of halogens is 1. The van der Waals surface area contributed by atoms with Crippen LogP contribution in [0.3, 0.4) is 0 Å². The van der Waals surface area contributed by atoms with Gasteiger partial charge in [0.2, 0.25) is 0 Å². The topological polar surface area (TPSA) is 30.5 Å². The summed E-state index contributed by atoms with van der Waals surface area (Å²) in [6, 6.07) is 3.78. The Hall–Kier alpha value is -1.37. The Morgan fingerprint density at radius 2 is 2.19 bits per heavy atom. The molecule has 0 aromatic heterocycles. The number of hydrogen-bond acceptors (Lipinski definition) is 3. The van der Waals surface area contributed by atoms with Gasteiger partial charge in [-0.2, -0.15) is 0 Å². The third kappa shape index (κ3) is 2.41. The number of nitrogens with one attached hydrogen (secondary N) is 1. The molecule has 0 saturated heterocycles. The van der Waals surface area contributed by atoms with E-state index in [1.807, 2.05) is 12.1 Å². The van der Waals surface area contributed by atoms with E-state index in [1.54, 1.807) is 0 Å². The molecule has 16 heavy (non-hydrogen) atoms. The maximum absolute atomic E-state index is 6.09. The predicted molar refractivity (Wildman–Crippen MR) is 63.0 cm³/mol. The Labute approximate surface area is 99.7 Å². The number of rotatable bonds is 3. The van der Waals surface area contributed by atoms with E-state index in [0.29, 0.717) is 42.8 Å². The van der Waals surface area contributed by atoms with Crippen LogP contribution in [0.1, 0.15) is 5.56 Å². The maximum atomic E-state index is 6.09. The van der Waals surface area contributed by atoms with Crippen LogP contribution < -0.4 is 14.8 Å². The maximum Gasteiger partial charge on any atom is 0.179 e. The van der Waals surface area contributed by atoms with Gasteiger partial charge in [-0.05, 0) is 17.7 Å². The zero-order chi connectivity index (χ0) is 11.4. The number of ether oxygens (including phenoxy) is 2. The van der Waals surface area contributed by atoms with Gasteiger partial charge in [0.15, 0.2) is 11.5 Å². The number of fused-ring (bicyclic) bond motifs is 1. The molecular weight excluding hydrogens is 226 g/mol. The smallest absolute Gasteiger partial charge is 0.179 e. The van der Waals surface area contributed by atoms with Crippen molar-refractivity contribution < 1.29 is 9.47 Å². The normalized spacial score (nSPS) is 13.2. The Balaban J connectivity index is 2.16. The van der Waals surface area contributed by atoms with Crippen LogP contribution in [0.15, 0.2) is 12.1 Å². The highest BCUT2D eigenvalue weighted by Gasteiger charge is 2.16. The van der Waals surface area contributed by atoms with Crippen LogP contribution in [-0.2, 0) is 6.54 Å². The molecule has 1 heterocycles. The van der Waals surface area contributed by atoms with Crippen LogP contribution in [0.2, 0.25) is 5.02 Å². The summed E-state index contributed by atoms with van der Waals surface area (Å²) in [4.78, 5) is 0. The van der Waals surface area contributed by atoms with Crippen molar-refractivity contribution in [3.8, 4) is 23.8 Å². The van der Waals surface area contributed by atoms with Crippen molar-refractivity contribution in [3.05, 3.63) is 22.7 Å². The largest absolute Gasteiger partial charge is 0.486 e. The Bertz CT molecular complexity index is 426. The van der Waals surface area contributed by atoms with E-state index < -0.39 is 0 Å². The summed E-state index contributed by atoms with van der Waals surface area (Å²) in [5, 5.41) is 3.67. The lowest BCUT2D eigenvalue weighted by molar-refractivity contribution is 0.171. The van der Waals surface area contributed by atoms with Crippen molar-refractivity contribution >= 4 is 11.6 Å². The average molecular weight is 238 g/mol.